The number of nitrogens with two attached hydrogens (primary N) is 1. The van der Waals surface area contributed by atoms with Crippen molar-refractivity contribution in [1.29, 1.82) is 0 Å². The molecular formula is C11H16N4O. The van der Waals surface area contributed by atoms with Gasteiger partial charge in [0.2, 0.25) is 0 Å². The Morgan fingerprint density at radius 3 is 3.06 bits per heavy atom. The van der Waals surface area contributed by atoms with Gasteiger partial charge in [-0.15, -0.1) is 12.3 Å². The van der Waals surface area contributed by atoms with E-state index in [0.29, 0.717) is 31.7 Å². The van der Waals surface area contributed by atoms with Gasteiger partial charge < -0.3 is 11.1 Å². The van der Waals surface area contributed by atoms with E-state index in [1.165, 1.54) is 10.7 Å². The van der Waals surface area contributed by atoms with Gasteiger partial charge in [0.1, 0.15) is 0 Å². The summed E-state index contributed by atoms with van der Waals surface area (Å²) in [7, 11) is 0. The van der Waals surface area contributed by atoms with Gasteiger partial charge in [-0.25, -0.2) is 4.68 Å². The Hall–Kier alpha value is -1.80. The first-order chi connectivity index (χ1) is 7.77. The highest BCUT2D eigenvalue weighted by Crippen LogP contribution is 1.99. The van der Waals surface area contributed by atoms with Crippen LogP contribution in [0.5, 0.6) is 0 Å². The lowest BCUT2D eigenvalue weighted by Gasteiger charge is -2.06. The van der Waals surface area contributed by atoms with E-state index < -0.39 is 0 Å². The lowest BCUT2D eigenvalue weighted by molar-refractivity contribution is 0.555. The molecule has 0 unspecified atom stereocenters. The molecule has 0 fully saturated rings. The van der Waals surface area contributed by atoms with Gasteiger partial charge in [0.25, 0.3) is 5.56 Å². The molecule has 0 radical (unpaired) electrons. The van der Waals surface area contributed by atoms with E-state index in [1.807, 2.05) is 0 Å². The number of terminal acetylenes is 1. The third kappa shape index (κ3) is 3.75. The maximum absolute atomic E-state index is 11.6. The lowest BCUT2D eigenvalue weighted by atomic mass is 10.3. The molecule has 3 N–H and O–H groups in total. The van der Waals surface area contributed by atoms with Gasteiger partial charge in [0.15, 0.2) is 0 Å². The normalized spacial score (nSPS) is 9.75. The van der Waals surface area contributed by atoms with Crippen LogP contribution in [0.15, 0.2) is 17.1 Å². The molecule has 0 amide bonds. The van der Waals surface area contributed by atoms with Crippen molar-refractivity contribution in [1.82, 2.24) is 9.78 Å². The van der Waals surface area contributed by atoms with E-state index in [4.69, 9.17) is 12.2 Å². The number of hydrogen-bond acceptors (Lipinski definition) is 4. The monoisotopic (exact) mass is 220 g/mol. The standard InChI is InChI=1S/C11H16N4O/c1-2-3-4-7-15-11(16)8-10(9-14-15)13-6-5-12/h1,8-9,13H,3-7,12H2. The minimum Gasteiger partial charge on any atom is -0.382 e. The molecule has 0 saturated carbocycles. The summed E-state index contributed by atoms with van der Waals surface area (Å²) in [5, 5.41) is 7.03. The molecule has 0 bridgehead atoms. The van der Waals surface area contributed by atoms with Crippen molar-refractivity contribution in [2.75, 3.05) is 18.4 Å². The zero-order valence-corrected chi connectivity index (χ0v) is 9.15. The Labute approximate surface area is 94.7 Å². The summed E-state index contributed by atoms with van der Waals surface area (Å²) in [4.78, 5) is 11.6. The van der Waals surface area contributed by atoms with Crippen LogP contribution in [0.2, 0.25) is 0 Å². The molecule has 5 nitrogen and oxygen atoms in total. The predicted molar refractivity (Wildman–Crippen MR) is 64.1 cm³/mol. The number of anilines is 1. The van der Waals surface area contributed by atoms with E-state index in [-0.39, 0.29) is 5.56 Å². The van der Waals surface area contributed by atoms with Gasteiger partial charge in [-0.1, -0.05) is 0 Å². The van der Waals surface area contributed by atoms with E-state index in [1.54, 1.807) is 6.20 Å². The second kappa shape index (κ2) is 6.64. The number of aromatic nitrogens is 2. The van der Waals surface area contributed by atoms with Crippen LogP contribution in [0.3, 0.4) is 0 Å². The quantitative estimate of drug-likeness (QED) is 0.524. The number of hydrogen-bond donors (Lipinski definition) is 2. The largest absolute Gasteiger partial charge is 0.382 e. The summed E-state index contributed by atoms with van der Waals surface area (Å²) in [6.45, 7) is 1.70. The average Bonchev–Trinajstić information content (AvgIpc) is 2.29. The van der Waals surface area contributed by atoms with Gasteiger partial charge in [-0.05, 0) is 6.42 Å². The Balaban J connectivity index is 2.61. The highest BCUT2D eigenvalue weighted by atomic mass is 16.1. The molecule has 0 aliphatic carbocycles. The van der Waals surface area contributed by atoms with Crippen molar-refractivity contribution >= 4 is 5.69 Å². The molecule has 0 saturated heterocycles. The van der Waals surface area contributed by atoms with Gasteiger partial charge in [-0.2, -0.15) is 5.10 Å². The zero-order valence-electron chi connectivity index (χ0n) is 9.15. The summed E-state index contributed by atoms with van der Waals surface area (Å²) in [6, 6.07) is 1.51. The van der Waals surface area contributed by atoms with Crippen molar-refractivity contribution in [3.05, 3.63) is 22.6 Å². The summed E-state index contributed by atoms with van der Waals surface area (Å²) >= 11 is 0. The second-order valence-electron chi connectivity index (χ2n) is 3.33. The van der Waals surface area contributed by atoms with Crippen LogP contribution in [-0.4, -0.2) is 22.9 Å². The highest BCUT2D eigenvalue weighted by Gasteiger charge is 1.98. The Bertz CT molecular complexity index is 419. The first kappa shape index (κ1) is 12.3. The van der Waals surface area contributed by atoms with E-state index >= 15 is 0 Å². The Morgan fingerprint density at radius 1 is 1.62 bits per heavy atom. The first-order valence-electron chi connectivity index (χ1n) is 5.22. The molecule has 16 heavy (non-hydrogen) atoms. The number of unbranched alkanes of at least 4 members (excludes halogenated alkanes) is 1. The molecule has 0 atom stereocenters. The van der Waals surface area contributed by atoms with Crippen LogP contribution >= 0.6 is 0 Å². The van der Waals surface area contributed by atoms with Crippen LogP contribution in [0, 0.1) is 12.3 Å². The molecule has 1 aromatic heterocycles. The molecule has 0 aromatic carbocycles. The van der Waals surface area contributed by atoms with Crippen LogP contribution < -0.4 is 16.6 Å². The van der Waals surface area contributed by atoms with Gasteiger partial charge in [-0.3, -0.25) is 4.79 Å². The number of rotatable bonds is 6. The smallest absolute Gasteiger partial charge is 0.268 e. The predicted octanol–water partition coefficient (Wildman–Crippen LogP) is 0.0273. The zero-order chi connectivity index (χ0) is 11.8. The minimum atomic E-state index is -0.126. The van der Waals surface area contributed by atoms with Crippen molar-refractivity contribution in [2.45, 2.75) is 19.4 Å². The summed E-state index contributed by atoms with van der Waals surface area (Å²) < 4.78 is 1.41. The molecule has 0 aliphatic rings. The van der Waals surface area contributed by atoms with Gasteiger partial charge in [0, 0.05) is 32.1 Å². The van der Waals surface area contributed by atoms with Crippen molar-refractivity contribution in [3.8, 4) is 12.3 Å². The minimum absolute atomic E-state index is 0.126. The van der Waals surface area contributed by atoms with Crippen LogP contribution in [0.4, 0.5) is 5.69 Å². The molecule has 0 spiro atoms. The van der Waals surface area contributed by atoms with E-state index in [2.05, 4.69) is 16.3 Å². The molecular weight excluding hydrogens is 204 g/mol. The Kier molecular flexibility index (Phi) is 5.09. The highest BCUT2D eigenvalue weighted by molar-refractivity contribution is 5.38. The molecule has 1 heterocycles. The van der Waals surface area contributed by atoms with Gasteiger partial charge >= 0.3 is 0 Å². The topological polar surface area (TPSA) is 72.9 Å². The fraction of sp³-hybridized carbons (Fsp3) is 0.455. The van der Waals surface area contributed by atoms with E-state index in [9.17, 15) is 4.79 Å². The summed E-state index contributed by atoms with van der Waals surface area (Å²) in [5.74, 6) is 2.53. The van der Waals surface area contributed by atoms with Crippen molar-refractivity contribution in [3.63, 3.8) is 0 Å². The third-order valence-electron chi connectivity index (χ3n) is 2.03. The molecule has 1 rings (SSSR count). The first-order valence-corrected chi connectivity index (χ1v) is 5.22. The average molecular weight is 220 g/mol. The van der Waals surface area contributed by atoms with Crippen molar-refractivity contribution < 1.29 is 0 Å². The fourth-order valence-corrected chi connectivity index (χ4v) is 1.25. The molecule has 5 heteroatoms. The molecule has 0 aliphatic heterocycles. The van der Waals surface area contributed by atoms with Crippen molar-refractivity contribution in [2.24, 2.45) is 5.73 Å². The maximum atomic E-state index is 11.6. The summed E-state index contributed by atoms with van der Waals surface area (Å²) in [6.07, 6.45) is 8.16. The molecule has 1 aromatic rings. The molecule has 86 valence electrons. The van der Waals surface area contributed by atoms with Crippen LogP contribution in [0.1, 0.15) is 12.8 Å². The number of nitrogens with one attached hydrogen (secondary N) is 1. The van der Waals surface area contributed by atoms with Gasteiger partial charge in [0.05, 0.1) is 11.9 Å². The maximum Gasteiger partial charge on any atom is 0.268 e. The Morgan fingerprint density at radius 2 is 2.44 bits per heavy atom. The van der Waals surface area contributed by atoms with Crippen LogP contribution in [-0.2, 0) is 6.54 Å². The number of nitrogens with zero attached hydrogens (tertiary/aromatic N) is 2. The lowest BCUT2D eigenvalue weighted by Crippen LogP contribution is -2.23. The number of aryl methyl sites for hydroxylation is 1. The SMILES string of the molecule is C#CCCCn1ncc(NCCN)cc1=O. The fourth-order valence-electron chi connectivity index (χ4n) is 1.25. The summed E-state index contributed by atoms with van der Waals surface area (Å²) in [5.41, 5.74) is 5.91. The second-order valence-corrected chi connectivity index (χ2v) is 3.33. The van der Waals surface area contributed by atoms with Crippen LogP contribution in [0.25, 0.3) is 0 Å². The van der Waals surface area contributed by atoms with E-state index in [0.717, 1.165) is 6.42 Å². The third-order valence-corrected chi connectivity index (χ3v) is 2.03.